The summed E-state index contributed by atoms with van der Waals surface area (Å²) in [6, 6.07) is 0. The van der Waals surface area contributed by atoms with Gasteiger partial charge in [-0.15, -0.1) is 10.2 Å². The SMILES string of the molecule is CC1CCCn2c1nnc2C1CCSC1. The molecule has 1 aromatic rings. The first-order valence-electron chi connectivity index (χ1n) is 5.87. The zero-order chi connectivity index (χ0) is 10.3. The van der Waals surface area contributed by atoms with Gasteiger partial charge in [0.15, 0.2) is 0 Å². The van der Waals surface area contributed by atoms with Crippen LogP contribution in [-0.4, -0.2) is 26.3 Å². The van der Waals surface area contributed by atoms with E-state index >= 15 is 0 Å². The zero-order valence-electron chi connectivity index (χ0n) is 9.15. The van der Waals surface area contributed by atoms with Crippen molar-refractivity contribution in [1.82, 2.24) is 14.8 Å². The van der Waals surface area contributed by atoms with Crippen LogP contribution in [0.4, 0.5) is 0 Å². The number of hydrogen-bond acceptors (Lipinski definition) is 3. The van der Waals surface area contributed by atoms with Crippen LogP contribution in [0.25, 0.3) is 0 Å². The van der Waals surface area contributed by atoms with Gasteiger partial charge < -0.3 is 4.57 Å². The van der Waals surface area contributed by atoms with Crippen LogP contribution in [0.15, 0.2) is 0 Å². The van der Waals surface area contributed by atoms with Crippen LogP contribution in [0, 0.1) is 0 Å². The second-order valence-corrected chi connectivity index (χ2v) is 5.82. The lowest BCUT2D eigenvalue weighted by molar-refractivity contribution is 0.447. The molecule has 1 fully saturated rings. The van der Waals surface area contributed by atoms with Crippen molar-refractivity contribution in [3.63, 3.8) is 0 Å². The molecule has 2 aliphatic heterocycles. The van der Waals surface area contributed by atoms with Crippen LogP contribution in [0.5, 0.6) is 0 Å². The summed E-state index contributed by atoms with van der Waals surface area (Å²) in [4.78, 5) is 0. The Hall–Kier alpha value is -0.510. The summed E-state index contributed by atoms with van der Waals surface area (Å²) in [6.07, 6.45) is 3.85. The van der Waals surface area contributed by atoms with Crippen molar-refractivity contribution in [3.05, 3.63) is 11.6 Å². The lowest BCUT2D eigenvalue weighted by Gasteiger charge is -2.21. The second kappa shape index (κ2) is 3.81. The summed E-state index contributed by atoms with van der Waals surface area (Å²) in [6.45, 7) is 3.41. The van der Waals surface area contributed by atoms with Crippen LogP contribution in [0.2, 0.25) is 0 Å². The van der Waals surface area contributed by atoms with Crippen LogP contribution >= 0.6 is 11.8 Å². The number of rotatable bonds is 1. The first kappa shape index (κ1) is 9.70. The first-order valence-corrected chi connectivity index (χ1v) is 7.02. The summed E-state index contributed by atoms with van der Waals surface area (Å²) in [5, 5.41) is 8.82. The molecule has 3 heterocycles. The predicted octanol–water partition coefficient (Wildman–Crippen LogP) is 2.40. The Morgan fingerprint density at radius 2 is 2.13 bits per heavy atom. The lowest BCUT2D eigenvalue weighted by Crippen LogP contribution is -2.17. The molecule has 2 atom stereocenters. The maximum absolute atomic E-state index is 4.43. The van der Waals surface area contributed by atoms with Crippen molar-refractivity contribution in [2.75, 3.05) is 11.5 Å². The Bertz CT molecular complexity index is 355. The summed E-state index contributed by atoms with van der Waals surface area (Å²) in [5.41, 5.74) is 0. The van der Waals surface area contributed by atoms with Crippen molar-refractivity contribution in [3.8, 4) is 0 Å². The van der Waals surface area contributed by atoms with E-state index in [1.165, 1.54) is 42.4 Å². The molecule has 0 amide bonds. The van der Waals surface area contributed by atoms with Gasteiger partial charge in [0, 0.05) is 24.1 Å². The molecular formula is C11H17N3S. The molecule has 0 radical (unpaired) electrons. The normalized spacial score (nSPS) is 30.5. The van der Waals surface area contributed by atoms with Crippen LogP contribution in [-0.2, 0) is 6.54 Å². The maximum Gasteiger partial charge on any atom is 0.136 e. The van der Waals surface area contributed by atoms with Crippen LogP contribution < -0.4 is 0 Å². The highest BCUT2D eigenvalue weighted by molar-refractivity contribution is 7.99. The van der Waals surface area contributed by atoms with Gasteiger partial charge in [0.25, 0.3) is 0 Å². The van der Waals surface area contributed by atoms with Crippen molar-refractivity contribution in [1.29, 1.82) is 0 Å². The van der Waals surface area contributed by atoms with E-state index in [9.17, 15) is 0 Å². The summed E-state index contributed by atoms with van der Waals surface area (Å²) in [5.74, 6) is 6.31. The largest absolute Gasteiger partial charge is 0.315 e. The van der Waals surface area contributed by atoms with Crippen LogP contribution in [0.3, 0.4) is 0 Å². The molecule has 0 N–H and O–H groups in total. The van der Waals surface area contributed by atoms with Gasteiger partial charge >= 0.3 is 0 Å². The number of fused-ring (bicyclic) bond motifs is 1. The summed E-state index contributed by atoms with van der Waals surface area (Å²) < 4.78 is 2.39. The molecule has 3 nitrogen and oxygen atoms in total. The third-order valence-electron chi connectivity index (χ3n) is 3.56. The fourth-order valence-corrected chi connectivity index (χ4v) is 3.86. The maximum atomic E-state index is 4.43. The Balaban J connectivity index is 1.95. The molecule has 0 aliphatic carbocycles. The molecular weight excluding hydrogens is 206 g/mol. The van der Waals surface area contributed by atoms with Gasteiger partial charge in [-0.2, -0.15) is 11.8 Å². The summed E-state index contributed by atoms with van der Waals surface area (Å²) >= 11 is 2.05. The van der Waals surface area contributed by atoms with Gasteiger partial charge in [0.2, 0.25) is 0 Å². The third kappa shape index (κ3) is 1.59. The molecule has 2 unspecified atom stereocenters. The Morgan fingerprint density at radius 3 is 2.93 bits per heavy atom. The predicted molar refractivity (Wildman–Crippen MR) is 62.4 cm³/mol. The van der Waals surface area contributed by atoms with E-state index in [-0.39, 0.29) is 0 Å². The quantitative estimate of drug-likeness (QED) is 0.732. The van der Waals surface area contributed by atoms with E-state index in [4.69, 9.17) is 0 Å². The highest BCUT2D eigenvalue weighted by atomic mass is 32.2. The van der Waals surface area contributed by atoms with E-state index in [1.807, 2.05) is 0 Å². The molecule has 0 bridgehead atoms. The molecule has 1 saturated heterocycles. The van der Waals surface area contributed by atoms with Gasteiger partial charge in [-0.25, -0.2) is 0 Å². The standard InChI is InChI=1S/C11H17N3S/c1-8-3-2-5-14-10(8)12-13-11(14)9-4-6-15-7-9/h8-9H,2-7H2,1H3. The van der Waals surface area contributed by atoms with E-state index in [0.29, 0.717) is 11.8 Å². The van der Waals surface area contributed by atoms with Gasteiger partial charge in [-0.05, 0) is 25.0 Å². The van der Waals surface area contributed by atoms with Crippen molar-refractivity contribution in [2.45, 2.75) is 44.6 Å². The Labute approximate surface area is 94.7 Å². The van der Waals surface area contributed by atoms with E-state index in [2.05, 4.69) is 33.5 Å². The topological polar surface area (TPSA) is 30.7 Å². The minimum atomic E-state index is 0.606. The van der Waals surface area contributed by atoms with E-state index < -0.39 is 0 Å². The van der Waals surface area contributed by atoms with Crippen molar-refractivity contribution in [2.24, 2.45) is 0 Å². The zero-order valence-corrected chi connectivity index (χ0v) is 9.96. The summed E-state index contributed by atoms with van der Waals surface area (Å²) in [7, 11) is 0. The van der Waals surface area contributed by atoms with Gasteiger partial charge in [0.05, 0.1) is 0 Å². The fraction of sp³-hybridized carbons (Fsp3) is 0.818. The van der Waals surface area contributed by atoms with E-state index in [0.717, 1.165) is 6.54 Å². The molecule has 3 rings (SSSR count). The average molecular weight is 223 g/mol. The minimum absolute atomic E-state index is 0.606. The molecule has 82 valence electrons. The van der Waals surface area contributed by atoms with E-state index in [1.54, 1.807) is 0 Å². The smallest absolute Gasteiger partial charge is 0.136 e. The van der Waals surface area contributed by atoms with Crippen molar-refractivity contribution < 1.29 is 0 Å². The number of thioether (sulfide) groups is 1. The second-order valence-electron chi connectivity index (χ2n) is 4.67. The highest BCUT2D eigenvalue weighted by Gasteiger charge is 2.28. The lowest BCUT2D eigenvalue weighted by atomic mass is 10.0. The first-order chi connectivity index (χ1) is 7.36. The Kier molecular flexibility index (Phi) is 2.47. The van der Waals surface area contributed by atoms with Crippen molar-refractivity contribution >= 4 is 11.8 Å². The molecule has 1 aromatic heterocycles. The van der Waals surface area contributed by atoms with Gasteiger partial charge in [-0.1, -0.05) is 6.92 Å². The fourth-order valence-electron chi connectivity index (χ4n) is 2.65. The highest BCUT2D eigenvalue weighted by Crippen LogP contribution is 2.34. The van der Waals surface area contributed by atoms with Gasteiger partial charge in [0.1, 0.15) is 11.6 Å². The Morgan fingerprint density at radius 1 is 1.27 bits per heavy atom. The number of hydrogen-bond donors (Lipinski definition) is 0. The third-order valence-corrected chi connectivity index (χ3v) is 4.72. The monoisotopic (exact) mass is 223 g/mol. The number of nitrogens with zero attached hydrogens (tertiary/aromatic N) is 3. The van der Waals surface area contributed by atoms with Crippen LogP contribution in [0.1, 0.15) is 49.7 Å². The molecule has 0 spiro atoms. The number of aromatic nitrogens is 3. The molecule has 15 heavy (non-hydrogen) atoms. The molecule has 0 saturated carbocycles. The molecule has 4 heteroatoms. The molecule has 0 aromatic carbocycles. The minimum Gasteiger partial charge on any atom is -0.315 e. The average Bonchev–Trinajstić information content (AvgIpc) is 2.85. The van der Waals surface area contributed by atoms with Gasteiger partial charge in [-0.3, -0.25) is 0 Å². The molecule has 2 aliphatic rings.